The zero-order valence-corrected chi connectivity index (χ0v) is 15.1. The van der Waals surface area contributed by atoms with Gasteiger partial charge in [0.1, 0.15) is 12.1 Å². The van der Waals surface area contributed by atoms with E-state index in [9.17, 15) is 8.42 Å². The standard InChI is InChI=1S/C16H23N5O2S/c1-11-7-12(2)20-16-14(11)15(18-10-19-16)17-8-13-5-4-6-21(9-13)24(3,22)23/h7,10,13H,4-6,8-9H2,1-3H3,(H,17,18,19,20). The Morgan fingerprint density at radius 1 is 1.33 bits per heavy atom. The first-order chi connectivity index (χ1) is 11.3. The van der Waals surface area contributed by atoms with E-state index in [1.54, 1.807) is 4.31 Å². The predicted octanol–water partition coefficient (Wildman–Crippen LogP) is 1.73. The molecule has 0 spiro atoms. The highest BCUT2D eigenvalue weighted by Gasteiger charge is 2.25. The van der Waals surface area contributed by atoms with Gasteiger partial charge in [-0.2, -0.15) is 0 Å². The minimum atomic E-state index is -3.12. The Labute approximate surface area is 142 Å². The third kappa shape index (κ3) is 3.64. The van der Waals surface area contributed by atoms with Crippen LogP contribution in [0.3, 0.4) is 0 Å². The maximum absolute atomic E-state index is 11.7. The van der Waals surface area contributed by atoms with E-state index in [1.807, 2.05) is 19.9 Å². The van der Waals surface area contributed by atoms with Crippen molar-refractivity contribution < 1.29 is 8.42 Å². The van der Waals surface area contributed by atoms with Crippen LogP contribution in [-0.4, -0.2) is 53.6 Å². The van der Waals surface area contributed by atoms with Gasteiger partial charge in [-0.25, -0.2) is 27.7 Å². The first-order valence-corrected chi connectivity index (χ1v) is 9.97. The zero-order valence-electron chi connectivity index (χ0n) is 14.3. The lowest BCUT2D eigenvalue weighted by Crippen LogP contribution is -2.41. The number of hydrogen-bond donors (Lipinski definition) is 1. The molecule has 3 heterocycles. The molecule has 0 saturated carbocycles. The van der Waals surface area contributed by atoms with Gasteiger partial charge in [0, 0.05) is 25.3 Å². The first kappa shape index (κ1) is 17.0. The third-order valence-electron chi connectivity index (χ3n) is 4.44. The molecular formula is C16H23N5O2S. The summed E-state index contributed by atoms with van der Waals surface area (Å²) in [5, 5.41) is 4.31. The van der Waals surface area contributed by atoms with Gasteiger partial charge in [0.15, 0.2) is 5.65 Å². The molecule has 1 N–H and O–H groups in total. The maximum Gasteiger partial charge on any atom is 0.211 e. The molecular weight excluding hydrogens is 326 g/mol. The molecule has 2 aromatic heterocycles. The van der Waals surface area contributed by atoms with Gasteiger partial charge in [0.25, 0.3) is 0 Å². The van der Waals surface area contributed by atoms with Crippen LogP contribution in [0.1, 0.15) is 24.1 Å². The monoisotopic (exact) mass is 349 g/mol. The van der Waals surface area contributed by atoms with Gasteiger partial charge in [0.2, 0.25) is 10.0 Å². The summed E-state index contributed by atoms with van der Waals surface area (Å²) in [4.78, 5) is 13.1. The molecule has 0 amide bonds. The van der Waals surface area contributed by atoms with Gasteiger partial charge in [-0.05, 0) is 44.2 Å². The van der Waals surface area contributed by atoms with E-state index in [2.05, 4.69) is 20.3 Å². The molecule has 1 aliphatic heterocycles. The number of sulfonamides is 1. The SMILES string of the molecule is Cc1cc(C)c2c(NCC3CCCN(S(C)(=O)=O)C3)ncnc2n1. The van der Waals surface area contributed by atoms with Crippen LogP contribution in [-0.2, 0) is 10.0 Å². The Kier molecular flexibility index (Phi) is 4.69. The van der Waals surface area contributed by atoms with Crippen molar-refractivity contribution in [1.82, 2.24) is 19.3 Å². The number of hydrogen-bond acceptors (Lipinski definition) is 6. The lowest BCUT2D eigenvalue weighted by Gasteiger charge is -2.31. The van der Waals surface area contributed by atoms with Gasteiger partial charge in [0.05, 0.1) is 11.6 Å². The maximum atomic E-state index is 11.7. The number of nitrogens with zero attached hydrogens (tertiary/aromatic N) is 4. The van der Waals surface area contributed by atoms with Gasteiger partial charge in [-0.1, -0.05) is 0 Å². The van der Waals surface area contributed by atoms with Crippen LogP contribution >= 0.6 is 0 Å². The number of rotatable bonds is 4. The first-order valence-electron chi connectivity index (χ1n) is 8.12. The van der Waals surface area contributed by atoms with Crippen LogP contribution in [0, 0.1) is 19.8 Å². The molecule has 1 saturated heterocycles. The van der Waals surface area contributed by atoms with E-state index in [0.717, 1.165) is 35.3 Å². The van der Waals surface area contributed by atoms with Crippen molar-refractivity contribution in [3.05, 3.63) is 23.7 Å². The van der Waals surface area contributed by atoms with E-state index in [-0.39, 0.29) is 5.92 Å². The second-order valence-corrected chi connectivity index (χ2v) is 8.49. The second-order valence-electron chi connectivity index (χ2n) is 6.51. The van der Waals surface area contributed by atoms with Crippen LogP contribution in [0.15, 0.2) is 12.4 Å². The van der Waals surface area contributed by atoms with E-state index in [1.165, 1.54) is 12.6 Å². The minimum absolute atomic E-state index is 0.275. The molecule has 0 bridgehead atoms. The molecule has 3 rings (SSSR count). The summed E-state index contributed by atoms with van der Waals surface area (Å²) < 4.78 is 25.0. The van der Waals surface area contributed by atoms with Gasteiger partial charge >= 0.3 is 0 Å². The molecule has 1 aliphatic rings. The number of nitrogens with one attached hydrogen (secondary N) is 1. The highest BCUT2D eigenvalue weighted by atomic mass is 32.2. The largest absolute Gasteiger partial charge is 0.369 e. The van der Waals surface area contributed by atoms with Gasteiger partial charge in [-0.3, -0.25) is 0 Å². The van der Waals surface area contributed by atoms with Crippen LogP contribution in [0.4, 0.5) is 5.82 Å². The Morgan fingerprint density at radius 2 is 2.12 bits per heavy atom. The van der Waals surface area contributed by atoms with Crippen LogP contribution in [0.5, 0.6) is 0 Å². The fourth-order valence-electron chi connectivity index (χ4n) is 3.28. The van der Waals surface area contributed by atoms with E-state index in [4.69, 9.17) is 0 Å². The summed E-state index contributed by atoms with van der Waals surface area (Å²) in [6.07, 6.45) is 4.69. The molecule has 130 valence electrons. The summed E-state index contributed by atoms with van der Waals surface area (Å²) >= 11 is 0. The summed E-state index contributed by atoms with van der Waals surface area (Å²) in [7, 11) is -3.12. The fraction of sp³-hybridized carbons (Fsp3) is 0.562. The second kappa shape index (κ2) is 6.60. The molecule has 1 unspecified atom stereocenters. The average molecular weight is 349 g/mol. The Bertz CT molecular complexity index is 853. The van der Waals surface area contributed by atoms with Crippen molar-refractivity contribution in [3.63, 3.8) is 0 Å². The summed E-state index contributed by atoms with van der Waals surface area (Å²) in [6, 6.07) is 2.02. The Morgan fingerprint density at radius 3 is 2.88 bits per heavy atom. The molecule has 7 nitrogen and oxygen atoms in total. The molecule has 1 fully saturated rings. The highest BCUT2D eigenvalue weighted by molar-refractivity contribution is 7.88. The molecule has 0 radical (unpaired) electrons. The van der Waals surface area contributed by atoms with Crippen molar-refractivity contribution in [2.75, 3.05) is 31.2 Å². The van der Waals surface area contributed by atoms with Gasteiger partial charge < -0.3 is 5.32 Å². The number of piperidine rings is 1. The van der Waals surface area contributed by atoms with E-state index >= 15 is 0 Å². The lowest BCUT2D eigenvalue weighted by atomic mass is 9.99. The summed E-state index contributed by atoms with van der Waals surface area (Å²) in [6.45, 7) is 5.84. The molecule has 0 aromatic carbocycles. The molecule has 24 heavy (non-hydrogen) atoms. The minimum Gasteiger partial charge on any atom is -0.369 e. The number of aromatic nitrogens is 3. The molecule has 8 heteroatoms. The smallest absolute Gasteiger partial charge is 0.211 e. The number of pyridine rings is 1. The van der Waals surface area contributed by atoms with E-state index < -0.39 is 10.0 Å². The zero-order chi connectivity index (χ0) is 17.3. The van der Waals surface area contributed by atoms with Crippen molar-refractivity contribution in [3.8, 4) is 0 Å². The van der Waals surface area contributed by atoms with Crippen LogP contribution in [0.2, 0.25) is 0 Å². The Balaban J connectivity index is 1.77. The topological polar surface area (TPSA) is 88.1 Å². The van der Waals surface area contributed by atoms with Crippen molar-refractivity contribution in [1.29, 1.82) is 0 Å². The summed E-state index contributed by atoms with van der Waals surface area (Å²) in [5.74, 6) is 1.04. The predicted molar refractivity (Wildman–Crippen MR) is 94.4 cm³/mol. The average Bonchev–Trinajstić information content (AvgIpc) is 2.51. The van der Waals surface area contributed by atoms with Crippen molar-refractivity contribution in [2.45, 2.75) is 26.7 Å². The van der Waals surface area contributed by atoms with Crippen LogP contribution < -0.4 is 5.32 Å². The fourth-order valence-corrected chi connectivity index (χ4v) is 4.22. The van der Waals surface area contributed by atoms with Crippen molar-refractivity contribution in [2.24, 2.45) is 5.92 Å². The van der Waals surface area contributed by atoms with Gasteiger partial charge in [-0.15, -0.1) is 0 Å². The summed E-state index contributed by atoms with van der Waals surface area (Å²) in [5.41, 5.74) is 2.70. The number of anilines is 1. The van der Waals surface area contributed by atoms with Crippen molar-refractivity contribution >= 4 is 26.9 Å². The van der Waals surface area contributed by atoms with E-state index in [0.29, 0.717) is 25.3 Å². The highest BCUT2D eigenvalue weighted by Crippen LogP contribution is 2.24. The lowest BCUT2D eigenvalue weighted by molar-refractivity contribution is 0.276. The van der Waals surface area contributed by atoms with Crippen LogP contribution in [0.25, 0.3) is 11.0 Å². The molecule has 2 aromatic rings. The quantitative estimate of drug-likeness (QED) is 0.904. The molecule has 1 atom stereocenters. The number of aryl methyl sites for hydroxylation is 2. The Hall–Kier alpha value is -1.80. The molecule has 0 aliphatic carbocycles. The normalized spacial score (nSPS) is 19.5. The third-order valence-corrected chi connectivity index (χ3v) is 5.71. The number of fused-ring (bicyclic) bond motifs is 1.